The highest BCUT2D eigenvalue weighted by molar-refractivity contribution is 5.74. The standard InChI is InChI=1S/C14H28N2O3/c1-12(2)19-11-5-8-15-14(18)16-9-4-3-6-13(16)7-10-17/h12-13,17H,3-11H2,1-2H3,(H,15,18). The molecule has 0 radical (unpaired) electrons. The molecule has 2 N–H and O–H groups in total. The van der Waals surface area contributed by atoms with E-state index >= 15 is 0 Å². The second kappa shape index (κ2) is 9.15. The maximum absolute atomic E-state index is 12.1. The number of carbonyl (C=O) groups excluding carboxylic acids is 1. The van der Waals surface area contributed by atoms with Gasteiger partial charge in [0.1, 0.15) is 0 Å². The lowest BCUT2D eigenvalue weighted by atomic mass is 10.0. The van der Waals surface area contributed by atoms with E-state index in [1.807, 2.05) is 18.7 Å². The van der Waals surface area contributed by atoms with Crippen LogP contribution in [0, 0.1) is 0 Å². The Hall–Kier alpha value is -0.810. The summed E-state index contributed by atoms with van der Waals surface area (Å²) in [6.07, 6.45) is 4.98. The quantitative estimate of drug-likeness (QED) is 0.694. The summed E-state index contributed by atoms with van der Waals surface area (Å²) in [6, 6.07) is 0.202. The fourth-order valence-corrected chi connectivity index (χ4v) is 2.41. The van der Waals surface area contributed by atoms with Crippen molar-refractivity contribution >= 4 is 6.03 Å². The number of nitrogens with one attached hydrogen (secondary N) is 1. The molecule has 0 bridgehead atoms. The minimum atomic E-state index is 0.00250. The Kier molecular flexibility index (Phi) is 7.82. The van der Waals surface area contributed by atoms with Crippen molar-refractivity contribution in [2.75, 3.05) is 26.3 Å². The van der Waals surface area contributed by atoms with Crippen LogP contribution in [0.5, 0.6) is 0 Å². The first kappa shape index (κ1) is 16.2. The van der Waals surface area contributed by atoms with E-state index in [1.54, 1.807) is 0 Å². The minimum Gasteiger partial charge on any atom is -0.396 e. The van der Waals surface area contributed by atoms with E-state index in [0.717, 1.165) is 32.2 Å². The molecule has 1 saturated heterocycles. The third-order valence-electron chi connectivity index (χ3n) is 3.40. The first-order valence-corrected chi connectivity index (χ1v) is 7.42. The van der Waals surface area contributed by atoms with Crippen LogP contribution in [0.4, 0.5) is 4.79 Å². The van der Waals surface area contributed by atoms with Crippen LogP contribution in [0.2, 0.25) is 0 Å². The molecule has 1 heterocycles. The fraction of sp³-hybridized carbons (Fsp3) is 0.929. The summed E-state index contributed by atoms with van der Waals surface area (Å²) >= 11 is 0. The Morgan fingerprint density at radius 1 is 1.47 bits per heavy atom. The van der Waals surface area contributed by atoms with Gasteiger partial charge in [-0.05, 0) is 46.0 Å². The zero-order valence-corrected chi connectivity index (χ0v) is 12.2. The normalized spacial score (nSPS) is 19.8. The van der Waals surface area contributed by atoms with Crippen molar-refractivity contribution in [3.05, 3.63) is 0 Å². The molecule has 1 aliphatic heterocycles. The van der Waals surface area contributed by atoms with Crippen LogP contribution in [0.15, 0.2) is 0 Å². The smallest absolute Gasteiger partial charge is 0.317 e. The number of rotatable bonds is 7. The summed E-state index contributed by atoms with van der Waals surface area (Å²) in [7, 11) is 0. The zero-order valence-electron chi connectivity index (χ0n) is 12.2. The minimum absolute atomic E-state index is 0.00250. The summed E-state index contributed by atoms with van der Waals surface area (Å²) in [5, 5.41) is 12.0. The molecule has 5 nitrogen and oxygen atoms in total. The lowest BCUT2D eigenvalue weighted by molar-refractivity contribution is 0.0767. The zero-order chi connectivity index (χ0) is 14.1. The van der Waals surface area contributed by atoms with E-state index in [9.17, 15) is 4.79 Å². The average molecular weight is 272 g/mol. The summed E-state index contributed by atoms with van der Waals surface area (Å²) in [5.41, 5.74) is 0. The molecule has 5 heteroatoms. The number of hydrogen-bond acceptors (Lipinski definition) is 3. The fourth-order valence-electron chi connectivity index (χ4n) is 2.41. The predicted molar refractivity (Wildman–Crippen MR) is 75.2 cm³/mol. The Labute approximate surface area is 116 Å². The molecule has 0 aromatic carbocycles. The van der Waals surface area contributed by atoms with Gasteiger partial charge in [-0.2, -0.15) is 0 Å². The molecule has 1 fully saturated rings. The number of piperidine rings is 1. The number of hydrogen-bond donors (Lipinski definition) is 2. The lowest BCUT2D eigenvalue weighted by Gasteiger charge is -2.35. The van der Waals surface area contributed by atoms with Gasteiger partial charge in [0.2, 0.25) is 0 Å². The van der Waals surface area contributed by atoms with E-state index in [4.69, 9.17) is 9.84 Å². The summed E-state index contributed by atoms with van der Waals surface area (Å²) in [6.45, 7) is 6.29. The van der Waals surface area contributed by atoms with Gasteiger partial charge in [0.15, 0.2) is 0 Å². The van der Waals surface area contributed by atoms with Crippen LogP contribution < -0.4 is 5.32 Å². The van der Waals surface area contributed by atoms with E-state index in [-0.39, 0.29) is 24.8 Å². The maximum Gasteiger partial charge on any atom is 0.317 e. The topological polar surface area (TPSA) is 61.8 Å². The molecule has 0 saturated carbocycles. The molecule has 112 valence electrons. The van der Waals surface area contributed by atoms with Gasteiger partial charge in [0.25, 0.3) is 0 Å². The first-order chi connectivity index (χ1) is 9.15. The highest BCUT2D eigenvalue weighted by atomic mass is 16.5. The molecule has 2 amide bonds. The van der Waals surface area contributed by atoms with Gasteiger partial charge in [-0.1, -0.05) is 0 Å². The number of ether oxygens (including phenoxy) is 1. The van der Waals surface area contributed by atoms with Crippen LogP contribution in [0.1, 0.15) is 46.0 Å². The van der Waals surface area contributed by atoms with Gasteiger partial charge in [0.05, 0.1) is 6.10 Å². The van der Waals surface area contributed by atoms with E-state index in [1.165, 1.54) is 0 Å². The van der Waals surface area contributed by atoms with Crippen LogP contribution in [-0.2, 0) is 4.74 Å². The van der Waals surface area contributed by atoms with Crippen LogP contribution in [0.3, 0.4) is 0 Å². The van der Waals surface area contributed by atoms with Crippen LogP contribution in [-0.4, -0.2) is 54.5 Å². The highest BCUT2D eigenvalue weighted by Gasteiger charge is 2.25. The number of aliphatic hydroxyl groups is 1. The number of amides is 2. The molecule has 0 aromatic rings. The van der Waals surface area contributed by atoms with Crippen molar-refractivity contribution in [1.29, 1.82) is 0 Å². The molecule has 19 heavy (non-hydrogen) atoms. The molecule has 1 aliphatic rings. The van der Waals surface area contributed by atoms with E-state index in [2.05, 4.69) is 5.32 Å². The van der Waals surface area contributed by atoms with Crippen molar-refractivity contribution in [2.45, 2.75) is 58.1 Å². The van der Waals surface area contributed by atoms with Gasteiger partial charge in [0, 0.05) is 32.3 Å². The van der Waals surface area contributed by atoms with Gasteiger partial charge in [-0.3, -0.25) is 0 Å². The lowest BCUT2D eigenvalue weighted by Crippen LogP contribution is -2.49. The van der Waals surface area contributed by atoms with Crippen molar-refractivity contribution in [3.8, 4) is 0 Å². The van der Waals surface area contributed by atoms with Crippen LogP contribution in [0.25, 0.3) is 0 Å². The molecular formula is C14H28N2O3. The highest BCUT2D eigenvalue weighted by Crippen LogP contribution is 2.19. The molecule has 1 atom stereocenters. The molecule has 1 rings (SSSR count). The third-order valence-corrected chi connectivity index (χ3v) is 3.40. The van der Waals surface area contributed by atoms with E-state index < -0.39 is 0 Å². The number of aliphatic hydroxyl groups excluding tert-OH is 1. The molecule has 1 unspecified atom stereocenters. The van der Waals surface area contributed by atoms with Crippen molar-refractivity contribution in [1.82, 2.24) is 10.2 Å². The molecule has 0 aliphatic carbocycles. The summed E-state index contributed by atoms with van der Waals surface area (Å²) in [4.78, 5) is 14.0. The predicted octanol–water partition coefficient (Wildman–Crippen LogP) is 1.75. The molecular weight excluding hydrogens is 244 g/mol. The molecule has 0 spiro atoms. The van der Waals surface area contributed by atoms with Crippen molar-refractivity contribution in [3.63, 3.8) is 0 Å². The second-order valence-electron chi connectivity index (χ2n) is 5.36. The summed E-state index contributed by atoms with van der Waals surface area (Å²) in [5.74, 6) is 0. The Morgan fingerprint density at radius 2 is 2.26 bits per heavy atom. The Bertz CT molecular complexity index is 257. The Balaban J connectivity index is 2.22. The van der Waals surface area contributed by atoms with Crippen molar-refractivity contribution < 1.29 is 14.6 Å². The molecule has 0 aromatic heterocycles. The van der Waals surface area contributed by atoms with Gasteiger partial charge in [-0.15, -0.1) is 0 Å². The van der Waals surface area contributed by atoms with Crippen molar-refractivity contribution in [2.24, 2.45) is 0 Å². The maximum atomic E-state index is 12.1. The van der Waals surface area contributed by atoms with Gasteiger partial charge < -0.3 is 20.1 Å². The third kappa shape index (κ3) is 6.25. The Morgan fingerprint density at radius 3 is 2.95 bits per heavy atom. The number of urea groups is 1. The number of likely N-dealkylation sites (tertiary alicyclic amines) is 1. The first-order valence-electron chi connectivity index (χ1n) is 7.42. The second-order valence-corrected chi connectivity index (χ2v) is 5.36. The van der Waals surface area contributed by atoms with Gasteiger partial charge in [-0.25, -0.2) is 4.79 Å². The number of carbonyl (C=O) groups is 1. The summed E-state index contributed by atoms with van der Waals surface area (Å²) < 4.78 is 5.43. The monoisotopic (exact) mass is 272 g/mol. The average Bonchev–Trinajstić information content (AvgIpc) is 2.39. The largest absolute Gasteiger partial charge is 0.396 e. The SMILES string of the molecule is CC(C)OCCCNC(=O)N1CCCCC1CCO. The van der Waals surface area contributed by atoms with E-state index in [0.29, 0.717) is 19.6 Å². The van der Waals surface area contributed by atoms with Gasteiger partial charge >= 0.3 is 6.03 Å². The number of nitrogens with zero attached hydrogens (tertiary/aromatic N) is 1. The van der Waals surface area contributed by atoms with Crippen LogP contribution >= 0.6 is 0 Å².